The van der Waals surface area contributed by atoms with Crippen molar-refractivity contribution in [2.75, 3.05) is 0 Å². The summed E-state index contributed by atoms with van der Waals surface area (Å²) < 4.78 is 0. The molecule has 2 aliphatic carbocycles. The molecule has 1 atom stereocenters. The SMILES string of the molecule is C1=CC(CC2CC=CCC2)=CCC1. The van der Waals surface area contributed by atoms with Crippen LogP contribution in [0.1, 0.15) is 38.5 Å². The second-order valence-corrected chi connectivity index (χ2v) is 4.11. The molecule has 2 aliphatic rings. The fourth-order valence-corrected chi connectivity index (χ4v) is 2.19. The van der Waals surface area contributed by atoms with Crippen molar-refractivity contribution in [1.82, 2.24) is 0 Å². The second-order valence-electron chi connectivity index (χ2n) is 4.11. The molecule has 0 bridgehead atoms. The molecule has 0 N–H and O–H groups in total. The molecule has 70 valence electrons. The van der Waals surface area contributed by atoms with Crippen LogP contribution in [0.25, 0.3) is 0 Å². The molecular weight excluding hydrogens is 156 g/mol. The highest BCUT2D eigenvalue weighted by atomic mass is 14.2. The van der Waals surface area contributed by atoms with Gasteiger partial charge in [0.1, 0.15) is 0 Å². The normalized spacial score (nSPS) is 27.4. The van der Waals surface area contributed by atoms with Crippen LogP contribution >= 0.6 is 0 Å². The van der Waals surface area contributed by atoms with Crippen LogP contribution in [0, 0.1) is 5.92 Å². The number of rotatable bonds is 2. The first-order chi connectivity index (χ1) is 6.45. The molecule has 2 rings (SSSR count). The van der Waals surface area contributed by atoms with Crippen molar-refractivity contribution < 1.29 is 0 Å². The smallest absolute Gasteiger partial charge is 0.0251 e. The molecule has 0 saturated heterocycles. The Bertz CT molecular complexity index is 243. The zero-order valence-corrected chi connectivity index (χ0v) is 8.21. The Morgan fingerprint density at radius 3 is 2.77 bits per heavy atom. The van der Waals surface area contributed by atoms with Crippen LogP contribution < -0.4 is 0 Å². The molecule has 0 aromatic carbocycles. The molecule has 13 heavy (non-hydrogen) atoms. The Labute approximate surface area is 81.0 Å². The van der Waals surface area contributed by atoms with Crippen molar-refractivity contribution in [2.24, 2.45) is 5.92 Å². The lowest BCUT2D eigenvalue weighted by Crippen LogP contribution is -2.03. The number of allylic oxidation sites excluding steroid dienone is 6. The third kappa shape index (κ3) is 2.58. The van der Waals surface area contributed by atoms with Crippen LogP contribution in [-0.4, -0.2) is 0 Å². The molecule has 0 aromatic rings. The maximum Gasteiger partial charge on any atom is -0.0251 e. The molecule has 0 radical (unpaired) electrons. The van der Waals surface area contributed by atoms with Gasteiger partial charge in [-0.15, -0.1) is 0 Å². The number of hydrogen-bond donors (Lipinski definition) is 0. The van der Waals surface area contributed by atoms with Crippen molar-refractivity contribution in [1.29, 1.82) is 0 Å². The molecule has 0 aliphatic heterocycles. The topological polar surface area (TPSA) is 0 Å². The van der Waals surface area contributed by atoms with Crippen molar-refractivity contribution in [3.63, 3.8) is 0 Å². The van der Waals surface area contributed by atoms with E-state index in [9.17, 15) is 0 Å². The molecule has 0 aromatic heterocycles. The van der Waals surface area contributed by atoms with Crippen LogP contribution in [0.2, 0.25) is 0 Å². The summed E-state index contributed by atoms with van der Waals surface area (Å²) in [4.78, 5) is 0. The van der Waals surface area contributed by atoms with Gasteiger partial charge in [-0.1, -0.05) is 36.0 Å². The van der Waals surface area contributed by atoms with E-state index in [1.807, 2.05) is 0 Å². The zero-order chi connectivity index (χ0) is 8.93. The van der Waals surface area contributed by atoms with Gasteiger partial charge in [-0.2, -0.15) is 0 Å². The summed E-state index contributed by atoms with van der Waals surface area (Å²) in [5, 5.41) is 0. The Kier molecular flexibility index (Phi) is 3.02. The molecule has 0 heteroatoms. The zero-order valence-electron chi connectivity index (χ0n) is 8.21. The summed E-state index contributed by atoms with van der Waals surface area (Å²) in [5.74, 6) is 0.916. The molecule has 0 nitrogen and oxygen atoms in total. The second kappa shape index (κ2) is 4.45. The van der Waals surface area contributed by atoms with Gasteiger partial charge in [-0.25, -0.2) is 0 Å². The van der Waals surface area contributed by atoms with E-state index >= 15 is 0 Å². The van der Waals surface area contributed by atoms with E-state index in [-0.39, 0.29) is 0 Å². The highest BCUT2D eigenvalue weighted by molar-refractivity contribution is 5.22. The van der Waals surface area contributed by atoms with E-state index in [0.29, 0.717) is 0 Å². The highest BCUT2D eigenvalue weighted by Crippen LogP contribution is 2.26. The first-order valence-electron chi connectivity index (χ1n) is 5.46. The first-order valence-corrected chi connectivity index (χ1v) is 5.46. The van der Waals surface area contributed by atoms with Gasteiger partial charge in [-0.3, -0.25) is 0 Å². The van der Waals surface area contributed by atoms with E-state index in [1.165, 1.54) is 38.5 Å². The summed E-state index contributed by atoms with van der Waals surface area (Å²) in [6.07, 6.45) is 19.5. The van der Waals surface area contributed by atoms with Gasteiger partial charge in [0.2, 0.25) is 0 Å². The quantitative estimate of drug-likeness (QED) is 0.555. The third-order valence-electron chi connectivity index (χ3n) is 2.97. The molecule has 0 spiro atoms. The summed E-state index contributed by atoms with van der Waals surface area (Å²) in [6.45, 7) is 0. The maximum atomic E-state index is 2.42. The molecule has 0 fully saturated rings. The van der Waals surface area contributed by atoms with Crippen LogP contribution in [0.4, 0.5) is 0 Å². The molecular formula is C13H18. The van der Waals surface area contributed by atoms with Gasteiger partial charge < -0.3 is 0 Å². The minimum absolute atomic E-state index is 0.916. The van der Waals surface area contributed by atoms with Crippen LogP contribution in [0.15, 0.2) is 36.0 Å². The summed E-state index contributed by atoms with van der Waals surface area (Å²) >= 11 is 0. The Morgan fingerprint density at radius 1 is 1.08 bits per heavy atom. The van der Waals surface area contributed by atoms with Crippen LogP contribution in [0.5, 0.6) is 0 Å². The van der Waals surface area contributed by atoms with Gasteiger partial charge in [-0.05, 0) is 44.4 Å². The summed E-state index contributed by atoms with van der Waals surface area (Å²) in [7, 11) is 0. The van der Waals surface area contributed by atoms with Gasteiger partial charge in [0.05, 0.1) is 0 Å². The van der Waals surface area contributed by atoms with Gasteiger partial charge in [0, 0.05) is 0 Å². The minimum Gasteiger partial charge on any atom is -0.0885 e. The van der Waals surface area contributed by atoms with E-state index in [4.69, 9.17) is 0 Å². The Morgan fingerprint density at radius 2 is 2.08 bits per heavy atom. The average molecular weight is 174 g/mol. The standard InChI is InChI=1S/C13H18/c1-3-7-12(8-4-1)11-13-9-5-2-6-10-13/h1,3,5,9-10,12H,2,4,6-8,11H2. The lowest BCUT2D eigenvalue weighted by molar-refractivity contribution is 0.478. The summed E-state index contributed by atoms with van der Waals surface area (Å²) in [5.41, 5.74) is 1.58. The largest absolute Gasteiger partial charge is 0.0885 e. The van der Waals surface area contributed by atoms with Crippen molar-refractivity contribution in [3.8, 4) is 0 Å². The van der Waals surface area contributed by atoms with E-state index < -0.39 is 0 Å². The van der Waals surface area contributed by atoms with Crippen LogP contribution in [-0.2, 0) is 0 Å². The molecule has 1 unspecified atom stereocenters. The molecule has 0 heterocycles. The first kappa shape index (κ1) is 8.80. The minimum atomic E-state index is 0.916. The van der Waals surface area contributed by atoms with E-state index in [2.05, 4.69) is 30.4 Å². The van der Waals surface area contributed by atoms with Crippen molar-refractivity contribution >= 4 is 0 Å². The Balaban J connectivity index is 1.86. The van der Waals surface area contributed by atoms with Crippen molar-refractivity contribution in [3.05, 3.63) is 36.0 Å². The predicted octanol–water partition coefficient (Wildman–Crippen LogP) is 4.01. The maximum absolute atomic E-state index is 2.42. The van der Waals surface area contributed by atoms with Gasteiger partial charge in [0.25, 0.3) is 0 Å². The Hall–Kier alpha value is -0.780. The lowest BCUT2D eigenvalue weighted by Gasteiger charge is -2.19. The van der Waals surface area contributed by atoms with Crippen LogP contribution in [0.3, 0.4) is 0 Å². The van der Waals surface area contributed by atoms with Gasteiger partial charge >= 0.3 is 0 Å². The number of hydrogen-bond acceptors (Lipinski definition) is 0. The summed E-state index contributed by atoms with van der Waals surface area (Å²) in [6, 6.07) is 0. The fraction of sp³-hybridized carbons (Fsp3) is 0.538. The van der Waals surface area contributed by atoms with E-state index in [0.717, 1.165) is 5.92 Å². The highest BCUT2D eigenvalue weighted by Gasteiger charge is 2.11. The fourth-order valence-electron chi connectivity index (χ4n) is 2.19. The van der Waals surface area contributed by atoms with Crippen molar-refractivity contribution in [2.45, 2.75) is 38.5 Å². The molecule has 0 amide bonds. The van der Waals surface area contributed by atoms with Gasteiger partial charge in [0.15, 0.2) is 0 Å². The average Bonchev–Trinajstić information content (AvgIpc) is 2.21. The third-order valence-corrected chi connectivity index (χ3v) is 2.97. The lowest BCUT2D eigenvalue weighted by atomic mass is 9.87. The predicted molar refractivity (Wildman–Crippen MR) is 57.6 cm³/mol. The monoisotopic (exact) mass is 174 g/mol. The molecule has 0 saturated carbocycles. The van der Waals surface area contributed by atoms with E-state index in [1.54, 1.807) is 5.57 Å².